The largest absolute Gasteiger partial charge is 0.100 e. The molecule has 0 aromatic heterocycles. The maximum absolute atomic E-state index is 3.90. The van der Waals surface area contributed by atoms with Crippen LogP contribution >= 0.6 is 0 Å². The molecular weight excluding hydrogens is 108 g/mol. The van der Waals surface area contributed by atoms with Gasteiger partial charge in [0.1, 0.15) is 0 Å². The predicted octanol–water partition coefficient (Wildman–Crippen LogP) is 3.00. The van der Waals surface area contributed by atoms with Crippen LogP contribution in [0.3, 0.4) is 0 Å². The molecule has 0 saturated heterocycles. The van der Waals surface area contributed by atoms with Crippen LogP contribution in [0.2, 0.25) is 0 Å². The van der Waals surface area contributed by atoms with E-state index in [1.807, 2.05) is 0 Å². The van der Waals surface area contributed by atoms with Gasteiger partial charge in [-0.1, -0.05) is 19.4 Å². The molecule has 0 aromatic carbocycles. The fourth-order valence-corrected chi connectivity index (χ4v) is 1.35. The smallest absolute Gasteiger partial charge is 0.0292 e. The summed E-state index contributed by atoms with van der Waals surface area (Å²) >= 11 is 0. The van der Waals surface area contributed by atoms with Gasteiger partial charge in [-0.3, -0.25) is 0 Å². The number of hydrogen-bond donors (Lipinski definition) is 0. The minimum absolute atomic E-state index is 0.638. The molecule has 0 radical (unpaired) electrons. The molecule has 9 heavy (non-hydrogen) atoms. The van der Waals surface area contributed by atoms with Gasteiger partial charge in [0.05, 0.1) is 0 Å². The van der Waals surface area contributed by atoms with Gasteiger partial charge in [0.2, 0.25) is 0 Å². The minimum Gasteiger partial charge on any atom is -0.100 e. The summed E-state index contributed by atoms with van der Waals surface area (Å²) < 4.78 is 0. The van der Waals surface area contributed by atoms with Crippen molar-refractivity contribution < 1.29 is 0 Å². The molecule has 1 rings (SSSR count). The van der Waals surface area contributed by atoms with Crippen LogP contribution in [0.1, 0.15) is 33.6 Å². The van der Waals surface area contributed by atoms with Crippen molar-refractivity contribution in [2.45, 2.75) is 33.6 Å². The van der Waals surface area contributed by atoms with Gasteiger partial charge in [0.15, 0.2) is 0 Å². The van der Waals surface area contributed by atoms with Gasteiger partial charge in [0.25, 0.3) is 0 Å². The highest BCUT2D eigenvalue weighted by atomic mass is 14.5. The van der Waals surface area contributed by atoms with E-state index >= 15 is 0 Å². The monoisotopic (exact) mass is 124 g/mol. The molecule has 0 spiro atoms. The molecule has 0 heteroatoms. The molecule has 1 fully saturated rings. The van der Waals surface area contributed by atoms with Crippen molar-refractivity contribution in [2.24, 2.45) is 11.3 Å². The summed E-state index contributed by atoms with van der Waals surface area (Å²) in [5.41, 5.74) is 1.98. The zero-order valence-electron chi connectivity index (χ0n) is 6.70. The molecule has 1 aliphatic rings. The fourth-order valence-electron chi connectivity index (χ4n) is 1.35. The van der Waals surface area contributed by atoms with Gasteiger partial charge in [-0.05, 0) is 31.1 Å². The maximum atomic E-state index is 3.90. The Hall–Kier alpha value is -0.260. The SMILES string of the molecule is C=C(C)C[C@@H]1CC1(C)C. The molecule has 1 atom stereocenters. The van der Waals surface area contributed by atoms with Crippen LogP contribution in [0, 0.1) is 11.3 Å². The van der Waals surface area contributed by atoms with E-state index in [0.29, 0.717) is 5.41 Å². The first-order valence-corrected chi connectivity index (χ1v) is 3.67. The van der Waals surface area contributed by atoms with E-state index in [1.54, 1.807) is 0 Å². The Bertz CT molecular complexity index is 131. The van der Waals surface area contributed by atoms with E-state index in [1.165, 1.54) is 18.4 Å². The van der Waals surface area contributed by atoms with Crippen LogP contribution in [0.25, 0.3) is 0 Å². The lowest BCUT2D eigenvalue weighted by atomic mass is 10.1. The topological polar surface area (TPSA) is 0 Å². The Morgan fingerprint density at radius 1 is 1.67 bits per heavy atom. The second-order valence-corrected chi connectivity index (χ2v) is 4.05. The summed E-state index contributed by atoms with van der Waals surface area (Å²) in [5.74, 6) is 0.940. The van der Waals surface area contributed by atoms with Crippen LogP contribution in [-0.4, -0.2) is 0 Å². The highest BCUT2D eigenvalue weighted by Crippen LogP contribution is 2.54. The highest BCUT2D eigenvalue weighted by Gasteiger charge is 2.44. The summed E-state index contributed by atoms with van der Waals surface area (Å²) in [7, 11) is 0. The summed E-state index contributed by atoms with van der Waals surface area (Å²) in [6, 6.07) is 0. The molecule has 52 valence electrons. The molecule has 0 heterocycles. The van der Waals surface area contributed by atoms with E-state index < -0.39 is 0 Å². The summed E-state index contributed by atoms with van der Waals surface area (Å²) in [6.07, 6.45) is 2.65. The molecular formula is C9H16. The Morgan fingerprint density at radius 3 is 2.22 bits per heavy atom. The van der Waals surface area contributed by atoms with Gasteiger partial charge < -0.3 is 0 Å². The zero-order chi connectivity index (χ0) is 7.07. The molecule has 0 nitrogen and oxygen atoms in total. The molecule has 1 saturated carbocycles. The van der Waals surface area contributed by atoms with Gasteiger partial charge in [-0.2, -0.15) is 0 Å². The summed E-state index contributed by atoms with van der Waals surface area (Å²) in [5, 5.41) is 0. The lowest BCUT2D eigenvalue weighted by Crippen LogP contribution is -1.89. The average Bonchev–Trinajstić information content (AvgIpc) is 2.10. The molecule has 0 bridgehead atoms. The van der Waals surface area contributed by atoms with Crippen molar-refractivity contribution >= 4 is 0 Å². The Morgan fingerprint density at radius 2 is 2.11 bits per heavy atom. The van der Waals surface area contributed by atoms with Crippen molar-refractivity contribution in [3.05, 3.63) is 12.2 Å². The standard InChI is InChI=1S/C9H16/c1-7(2)5-8-6-9(8,3)4/h8H,1,5-6H2,2-4H3/t8-/m1/s1. The van der Waals surface area contributed by atoms with Crippen LogP contribution in [0.15, 0.2) is 12.2 Å². The van der Waals surface area contributed by atoms with Gasteiger partial charge in [-0.15, -0.1) is 6.58 Å². The molecule has 0 N–H and O–H groups in total. The van der Waals surface area contributed by atoms with Crippen molar-refractivity contribution in [3.8, 4) is 0 Å². The van der Waals surface area contributed by atoms with Crippen LogP contribution < -0.4 is 0 Å². The number of allylic oxidation sites excluding steroid dienone is 1. The van der Waals surface area contributed by atoms with Crippen molar-refractivity contribution in [3.63, 3.8) is 0 Å². The van der Waals surface area contributed by atoms with E-state index in [-0.39, 0.29) is 0 Å². The van der Waals surface area contributed by atoms with E-state index in [2.05, 4.69) is 27.4 Å². The minimum atomic E-state index is 0.638. The van der Waals surface area contributed by atoms with Gasteiger partial charge in [-0.25, -0.2) is 0 Å². The average molecular weight is 124 g/mol. The first-order valence-electron chi connectivity index (χ1n) is 3.67. The third kappa shape index (κ3) is 1.57. The third-order valence-electron chi connectivity index (χ3n) is 2.31. The second kappa shape index (κ2) is 1.86. The number of hydrogen-bond acceptors (Lipinski definition) is 0. The lowest BCUT2D eigenvalue weighted by molar-refractivity contribution is 0.556. The summed E-state index contributed by atoms with van der Waals surface area (Å²) in [6.45, 7) is 10.7. The Kier molecular flexibility index (Phi) is 1.42. The second-order valence-electron chi connectivity index (χ2n) is 4.05. The Balaban J connectivity index is 2.28. The quantitative estimate of drug-likeness (QED) is 0.496. The van der Waals surface area contributed by atoms with Crippen LogP contribution in [0.5, 0.6) is 0 Å². The highest BCUT2D eigenvalue weighted by molar-refractivity contribution is 5.03. The van der Waals surface area contributed by atoms with Crippen LogP contribution in [-0.2, 0) is 0 Å². The van der Waals surface area contributed by atoms with E-state index in [9.17, 15) is 0 Å². The summed E-state index contributed by atoms with van der Waals surface area (Å²) in [4.78, 5) is 0. The number of rotatable bonds is 2. The lowest BCUT2D eigenvalue weighted by Gasteiger charge is -2.00. The maximum Gasteiger partial charge on any atom is -0.0292 e. The molecule has 0 aliphatic heterocycles. The van der Waals surface area contributed by atoms with E-state index in [0.717, 1.165) is 5.92 Å². The van der Waals surface area contributed by atoms with Gasteiger partial charge in [0, 0.05) is 0 Å². The molecule has 0 aromatic rings. The zero-order valence-corrected chi connectivity index (χ0v) is 6.70. The molecule has 0 amide bonds. The normalized spacial score (nSPS) is 29.9. The van der Waals surface area contributed by atoms with Gasteiger partial charge >= 0.3 is 0 Å². The molecule has 0 unspecified atom stereocenters. The first-order chi connectivity index (χ1) is 4.02. The van der Waals surface area contributed by atoms with Crippen LogP contribution in [0.4, 0.5) is 0 Å². The Labute approximate surface area is 58.0 Å². The van der Waals surface area contributed by atoms with Crippen molar-refractivity contribution in [2.75, 3.05) is 0 Å². The fraction of sp³-hybridized carbons (Fsp3) is 0.778. The van der Waals surface area contributed by atoms with Crippen molar-refractivity contribution in [1.82, 2.24) is 0 Å². The van der Waals surface area contributed by atoms with Crippen molar-refractivity contribution in [1.29, 1.82) is 0 Å². The predicted molar refractivity (Wildman–Crippen MR) is 41.3 cm³/mol. The first kappa shape index (κ1) is 6.85. The molecule has 1 aliphatic carbocycles. The van der Waals surface area contributed by atoms with E-state index in [4.69, 9.17) is 0 Å². The third-order valence-corrected chi connectivity index (χ3v) is 2.31.